The molecule has 1 aromatic heterocycles. The molecule has 4 heteroatoms. The van der Waals surface area contributed by atoms with Gasteiger partial charge in [0.2, 0.25) is 0 Å². The summed E-state index contributed by atoms with van der Waals surface area (Å²) in [6.45, 7) is 3.78. The van der Waals surface area contributed by atoms with Gasteiger partial charge in [0.15, 0.2) is 0 Å². The Balaban J connectivity index is 1.76. The molecular formula is C20H25N3O. The minimum atomic E-state index is -0.0271. The van der Waals surface area contributed by atoms with Crippen molar-refractivity contribution in [1.29, 1.82) is 0 Å². The maximum atomic E-state index is 12.8. The van der Waals surface area contributed by atoms with Gasteiger partial charge in [0.1, 0.15) is 5.69 Å². The molecule has 1 saturated heterocycles. The monoisotopic (exact) mass is 323 g/mol. The third-order valence-corrected chi connectivity index (χ3v) is 4.92. The zero-order valence-electron chi connectivity index (χ0n) is 14.7. The number of likely N-dealkylation sites (tertiary alicyclic amines) is 1. The summed E-state index contributed by atoms with van der Waals surface area (Å²) in [6.07, 6.45) is 4.11. The number of aryl methyl sites for hydroxylation is 1. The van der Waals surface area contributed by atoms with Crippen LogP contribution in [0.2, 0.25) is 0 Å². The van der Waals surface area contributed by atoms with Gasteiger partial charge in [0, 0.05) is 25.8 Å². The molecule has 0 saturated carbocycles. The van der Waals surface area contributed by atoms with E-state index in [0.29, 0.717) is 18.3 Å². The quantitative estimate of drug-likeness (QED) is 0.865. The predicted molar refractivity (Wildman–Crippen MR) is 95.8 cm³/mol. The van der Waals surface area contributed by atoms with Gasteiger partial charge in [0.05, 0.1) is 0 Å². The number of carbonyl (C=O) groups excluding carboxylic acids is 1. The number of nitrogens with zero attached hydrogens (tertiary/aromatic N) is 3. The molecule has 1 atom stereocenters. The molecule has 126 valence electrons. The second-order valence-electron chi connectivity index (χ2n) is 6.70. The Morgan fingerprint density at radius 1 is 1.33 bits per heavy atom. The average Bonchev–Trinajstić information content (AvgIpc) is 3.02. The summed E-state index contributed by atoms with van der Waals surface area (Å²) >= 11 is 0. The minimum Gasteiger partial charge on any atom is -0.336 e. The molecule has 0 radical (unpaired) electrons. The summed E-state index contributed by atoms with van der Waals surface area (Å²) < 4.78 is 0. The first-order valence-electron chi connectivity index (χ1n) is 8.52. The molecule has 4 nitrogen and oxygen atoms in total. The van der Waals surface area contributed by atoms with Gasteiger partial charge in [-0.15, -0.1) is 0 Å². The normalized spacial score (nSPS) is 17.9. The third-order valence-electron chi connectivity index (χ3n) is 4.92. The Bertz CT molecular complexity index is 728. The number of hydrogen-bond acceptors (Lipinski definition) is 3. The first-order chi connectivity index (χ1) is 11.6. The first-order valence-corrected chi connectivity index (χ1v) is 8.52. The molecule has 2 heterocycles. The summed E-state index contributed by atoms with van der Waals surface area (Å²) in [7, 11) is 3.98. The Kier molecular flexibility index (Phi) is 4.95. The van der Waals surface area contributed by atoms with Crippen molar-refractivity contribution in [2.45, 2.75) is 32.4 Å². The molecule has 1 aliphatic rings. The molecule has 1 aromatic carbocycles. The van der Waals surface area contributed by atoms with Crippen molar-refractivity contribution in [1.82, 2.24) is 14.8 Å². The number of aromatic nitrogens is 1. The van der Waals surface area contributed by atoms with Gasteiger partial charge in [-0.3, -0.25) is 14.7 Å². The van der Waals surface area contributed by atoms with Gasteiger partial charge in [-0.1, -0.05) is 24.3 Å². The van der Waals surface area contributed by atoms with Gasteiger partial charge >= 0.3 is 0 Å². The molecule has 0 N–H and O–H groups in total. The zero-order valence-corrected chi connectivity index (χ0v) is 14.7. The topological polar surface area (TPSA) is 36.4 Å². The van der Waals surface area contributed by atoms with Gasteiger partial charge in [-0.05, 0) is 62.2 Å². The lowest BCUT2D eigenvalue weighted by Gasteiger charge is -2.21. The molecule has 0 bridgehead atoms. The van der Waals surface area contributed by atoms with E-state index in [0.717, 1.165) is 13.0 Å². The molecule has 3 rings (SSSR count). The summed E-state index contributed by atoms with van der Waals surface area (Å²) in [5.41, 5.74) is 4.09. The van der Waals surface area contributed by atoms with Crippen LogP contribution in [0.4, 0.5) is 0 Å². The van der Waals surface area contributed by atoms with E-state index < -0.39 is 0 Å². The number of carbonyl (C=O) groups is 1. The van der Waals surface area contributed by atoms with Crippen LogP contribution in [0.1, 0.15) is 46.1 Å². The van der Waals surface area contributed by atoms with Crippen LogP contribution >= 0.6 is 0 Å². The van der Waals surface area contributed by atoms with Crippen molar-refractivity contribution in [3.63, 3.8) is 0 Å². The third kappa shape index (κ3) is 3.49. The van der Waals surface area contributed by atoms with Crippen molar-refractivity contribution < 1.29 is 4.79 Å². The van der Waals surface area contributed by atoms with Crippen molar-refractivity contribution >= 4 is 5.91 Å². The highest BCUT2D eigenvalue weighted by molar-refractivity contribution is 5.92. The number of benzene rings is 1. The fourth-order valence-electron chi connectivity index (χ4n) is 3.41. The molecule has 1 amide bonds. The molecule has 1 aliphatic heterocycles. The van der Waals surface area contributed by atoms with E-state index >= 15 is 0 Å². The van der Waals surface area contributed by atoms with Crippen LogP contribution < -0.4 is 0 Å². The van der Waals surface area contributed by atoms with Crippen LogP contribution in [-0.4, -0.2) is 41.3 Å². The Hall–Kier alpha value is -2.20. The highest BCUT2D eigenvalue weighted by atomic mass is 16.2. The van der Waals surface area contributed by atoms with E-state index in [4.69, 9.17) is 0 Å². The van der Waals surface area contributed by atoms with Gasteiger partial charge < -0.3 is 4.90 Å². The molecule has 1 fully saturated rings. The smallest absolute Gasteiger partial charge is 0.272 e. The fraction of sp³-hybridized carbons (Fsp3) is 0.400. The molecule has 24 heavy (non-hydrogen) atoms. The lowest BCUT2D eigenvalue weighted by atomic mass is 10.0. The van der Waals surface area contributed by atoms with Crippen molar-refractivity contribution in [2.24, 2.45) is 0 Å². The molecule has 0 aliphatic carbocycles. The average molecular weight is 323 g/mol. The lowest BCUT2D eigenvalue weighted by molar-refractivity contribution is 0.0779. The van der Waals surface area contributed by atoms with E-state index in [1.165, 1.54) is 23.1 Å². The van der Waals surface area contributed by atoms with Crippen LogP contribution in [0, 0.1) is 6.92 Å². The SMILES string of the molecule is Cc1ccccc1CN(C)C(=O)c1cc([C@H]2CCCN2C)ccn1. The van der Waals surface area contributed by atoms with E-state index in [2.05, 4.69) is 36.0 Å². The van der Waals surface area contributed by atoms with Crippen LogP contribution in [0.3, 0.4) is 0 Å². The van der Waals surface area contributed by atoms with Crippen molar-refractivity contribution in [3.8, 4) is 0 Å². The predicted octanol–water partition coefficient (Wildman–Crippen LogP) is 3.43. The molecular weight excluding hydrogens is 298 g/mol. The Labute approximate surface area is 144 Å². The maximum Gasteiger partial charge on any atom is 0.272 e. The number of hydrogen-bond donors (Lipinski definition) is 0. The van der Waals surface area contributed by atoms with E-state index in [-0.39, 0.29) is 5.91 Å². The molecule has 0 spiro atoms. The van der Waals surface area contributed by atoms with Crippen LogP contribution in [0.15, 0.2) is 42.6 Å². The van der Waals surface area contributed by atoms with Crippen LogP contribution in [0.5, 0.6) is 0 Å². The van der Waals surface area contributed by atoms with E-state index in [9.17, 15) is 4.79 Å². The van der Waals surface area contributed by atoms with E-state index in [1.807, 2.05) is 31.3 Å². The van der Waals surface area contributed by atoms with Gasteiger partial charge in [-0.25, -0.2) is 0 Å². The second-order valence-corrected chi connectivity index (χ2v) is 6.70. The summed E-state index contributed by atoms with van der Waals surface area (Å²) in [5, 5.41) is 0. The standard InChI is InChI=1S/C20H25N3O/c1-15-7-4-5-8-17(15)14-23(3)20(24)18-13-16(10-11-21-18)19-9-6-12-22(19)2/h4-5,7-8,10-11,13,19H,6,9,12,14H2,1-3H3/t19-/m1/s1. The number of amides is 1. The fourth-order valence-corrected chi connectivity index (χ4v) is 3.41. The highest BCUT2D eigenvalue weighted by Gasteiger charge is 2.24. The van der Waals surface area contributed by atoms with Crippen molar-refractivity contribution in [2.75, 3.05) is 20.6 Å². The minimum absolute atomic E-state index is 0.0271. The zero-order chi connectivity index (χ0) is 17.1. The Morgan fingerprint density at radius 3 is 2.83 bits per heavy atom. The largest absolute Gasteiger partial charge is 0.336 e. The van der Waals surface area contributed by atoms with Crippen molar-refractivity contribution in [3.05, 3.63) is 65.0 Å². The Morgan fingerprint density at radius 2 is 2.12 bits per heavy atom. The van der Waals surface area contributed by atoms with Crippen LogP contribution in [0.25, 0.3) is 0 Å². The highest BCUT2D eigenvalue weighted by Crippen LogP contribution is 2.30. The summed E-state index contributed by atoms with van der Waals surface area (Å²) in [5.74, 6) is -0.0271. The molecule has 2 aromatic rings. The molecule has 0 unspecified atom stereocenters. The summed E-state index contributed by atoms with van der Waals surface area (Å²) in [6, 6.07) is 12.6. The number of rotatable bonds is 4. The van der Waals surface area contributed by atoms with Crippen LogP contribution in [-0.2, 0) is 6.54 Å². The van der Waals surface area contributed by atoms with Gasteiger partial charge in [-0.2, -0.15) is 0 Å². The maximum absolute atomic E-state index is 12.8. The van der Waals surface area contributed by atoms with E-state index in [1.54, 1.807) is 11.1 Å². The lowest BCUT2D eigenvalue weighted by Crippen LogP contribution is -2.27. The summed E-state index contributed by atoms with van der Waals surface area (Å²) in [4.78, 5) is 21.2. The number of pyridine rings is 1. The van der Waals surface area contributed by atoms with Gasteiger partial charge in [0.25, 0.3) is 5.91 Å². The first kappa shape index (κ1) is 16.7. The second kappa shape index (κ2) is 7.14.